The van der Waals surface area contributed by atoms with Crippen LogP contribution in [-0.2, 0) is 32.4 Å². The number of rotatable bonds is 8. The number of ether oxygens (including phenoxy) is 1. The summed E-state index contributed by atoms with van der Waals surface area (Å²) < 4.78 is 32.0. The average molecular weight is 368 g/mol. The van der Waals surface area contributed by atoms with E-state index in [4.69, 9.17) is 4.74 Å². The normalized spacial score (nSPS) is 11.2. The second kappa shape index (κ2) is 8.25. The number of anilines is 1. The standard InChI is InChI=1S/C16H20N2O4S2/c1-3-5-12-6-8-14(9-7-12)24(20,21)18-16-17-11-13(23-16)10-15(19)22-4-2/h6-9,11H,3-5,10H2,1-2H3,(H,17,18). The number of carbonyl (C=O) groups is 1. The molecule has 1 N–H and O–H groups in total. The van der Waals surface area contributed by atoms with Crippen molar-refractivity contribution in [2.45, 2.75) is 38.0 Å². The quantitative estimate of drug-likeness (QED) is 0.724. The smallest absolute Gasteiger partial charge is 0.311 e. The van der Waals surface area contributed by atoms with Gasteiger partial charge in [0.15, 0.2) is 5.13 Å². The van der Waals surface area contributed by atoms with Crippen LogP contribution in [0.15, 0.2) is 35.4 Å². The molecule has 0 bridgehead atoms. The third-order valence-electron chi connectivity index (χ3n) is 3.17. The summed E-state index contributed by atoms with van der Waals surface area (Å²) in [4.78, 5) is 16.3. The Labute approximate surface area is 145 Å². The van der Waals surface area contributed by atoms with E-state index in [1.54, 1.807) is 19.1 Å². The lowest BCUT2D eigenvalue weighted by Crippen LogP contribution is -2.12. The van der Waals surface area contributed by atoms with E-state index in [0.717, 1.165) is 29.7 Å². The first-order valence-corrected chi connectivity index (χ1v) is 9.96. The van der Waals surface area contributed by atoms with Gasteiger partial charge in [-0.25, -0.2) is 13.4 Å². The maximum absolute atomic E-state index is 12.4. The van der Waals surface area contributed by atoms with Gasteiger partial charge in [0.1, 0.15) is 0 Å². The van der Waals surface area contributed by atoms with Gasteiger partial charge in [-0.05, 0) is 31.0 Å². The minimum Gasteiger partial charge on any atom is -0.466 e. The number of esters is 1. The van der Waals surface area contributed by atoms with Crippen molar-refractivity contribution in [2.75, 3.05) is 11.3 Å². The number of carbonyl (C=O) groups excluding carboxylic acids is 1. The van der Waals surface area contributed by atoms with Crippen molar-refractivity contribution in [1.82, 2.24) is 4.98 Å². The van der Waals surface area contributed by atoms with Gasteiger partial charge in [0.2, 0.25) is 0 Å². The van der Waals surface area contributed by atoms with E-state index in [1.807, 2.05) is 12.1 Å². The van der Waals surface area contributed by atoms with Gasteiger partial charge in [0.25, 0.3) is 10.0 Å². The molecule has 8 heteroatoms. The van der Waals surface area contributed by atoms with Gasteiger partial charge >= 0.3 is 5.97 Å². The molecule has 0 unspecified atom stereocenters. The Morgan fingerprint density at radius 1 is 1.25 bits per heavy atom. The van der Waals surface area contributed by atoms with Crippen molar-refractivity contribution in [3.63, 3.8) is 0 Å². The Balaban J connectivity index is 2.06. The highest BCUT2D eigenvalue weighted by Crippen LogP contribution is 2.22. The lowest BCUT2D eigenvalue weighted by atomic mass is 10.1. The van der Waals surface area contributed by atoms with Crippen LogP contribution in [0.4, 0.5) is 5.13 Å². The molecule has 0 saturated carbocycles. The highest BCUT2D eigenvalue weighted by Gasteiger charge is 2.17. The number of aryl methyl sites for hydroxylation is 1. The van der Waals surface area contributed by atoms with E-state index >= 15 is 0 Å². The Kier molecular flexibility index (Phi) is 6.33. The molecular weight excluding hydrogens is 348 g/mol. The second-order valence-electron chi connectivity index (χ2n) is 5.11. The summed E-state index contributed by atoms with van der Waals surface area (Å²) in [5.41, 5.74) is 1.10. The fourth-order valence-corrected chi connectivity index (χ4v) is 4.13. The summed E-state index contributed by atoms with van der Waals surface area (Å²) in [7, 11) is -3.69. The predicted molar refractivity (Wildman–Crippen MR) is 93.7 cm³/mol. The number of hydrogen-bond donors (Lipinski definition) is 1. The number of thiazole rings is 1. The third-order valence-corrected chi connectivity index (χ3v) is 5.57. The summed E-state index contributed by atoms with van der Waals surface area (Å²) in [6.45, 7) is 4.11. The lowest BCUT2D eigenvalue weighted by Gasteiger charge is -2.06. The van der Waals surface area contributed by atoms with Crippen molar-refractivity contribution in [1.29, 1.82) is 0 Å². The molecule has 0 aliphatic heterocycles. The van der Waals surface area contributed by atoms with Crippen LogP contribution in [0.5, 0.6) is 0 Å². The van der Waals surface area contributed by atoms with Crippen LogP contribution >= 0.6 is 11.3 Å². The molecule has 2 rings (SSSR count). The molecule has 0 atom stereocenters. The van der Waals surface area contributed by atoms with Gasteiger partial charge in [-0.2, -0.15) is 0 Å². The molecule has 1 heterocycles. The Morgan fingerprint density at radius 2 is 1.96 bits per heavy atom. The van der Waals surface area contributed by atoms with Gasteiger partial charge in [-0.3, -0.25) is 9.52 Å². The number of hydrogen-bond acceptors (Lipinski definition) is 6. The molecule has 0 saturated heterocycles. The maximum atomic E-state index is 12.4. The van der Waals surface area contributed by atoms with Gasteiger partial charge < -0.3 is 4.74 Å². The monoisotopic (exact) mass is 368 g/mol. The first-order valence-electron chi connectivity index (χ1n) is 7.66. The van der Waals surface area contributed by atoms with Crippen LogP contribution in [0.1, 0.15) is 30.7 Å². The molecule has 24 heavy (non-hydrogen) atoms. The summed E-state index contributed by atoms with van der Waals surface area (Å²) in [6.07, 6.45) is 3.48. The van der Waals surface area contributed by atoms with Gasteiger partial charge in [0, 0.05) is 11.1 Å². The molecule has 0 fully saturated rings. The highest BCUT2D eigenvalue weighted by molar-refractivity contribution is 7.93. The summed E-state index contributed by atoms with van der Waals surface area (Å²) in [5, 5.41) is 0.229. The van der Waals surface area contributed by atoms with Gasteiger partial charge in [-0.1, -0.05) is 25.5 Å². The van der Waals surface area contributed by atoms with Crippen LogP contribution in [0.2, 0.25) is 0 Å². The van der Waals surface area contributed by atoms with E-state index in [0.29, 0.717) is 11.5 Å². The summed E-state index contributed by atoms with van der Waals surface area (Å²) in [5.74, 6) is -0.359. The largest absolute Gasteiger partial charge is 0.466 e. The van der Waals surface area contributed by atoms with E-state index in [2.05, 4.69) is 16.6 Å². The van der Waals surface area contributed by atoms with E-state index < -0.39 is 10.0 Å². The van der Waals surface area contributed by atoms with Crippen LogP contribution in [0.3, 0.4) is 0 Å². The third kappa shape index (κ3) is 5.04. The van der Waals surface area contributed by atoms with Gasteiger partial charge in [0.05, 0.1) is 17.9 Å². The van der Waals surface area contributed by atoms with Crippen LogP contribution in [0.25, 0.3) is 0 Å². The molecule has 0 aliphatic rings. The highest BCUT2D eigenvalue weighted by atomic mass is 32.2. The zero-order valence-electron chi connectivity index (χ0n) is 13.6. The number of sulfonamides is 1. The topological polar surface area (TPSA) is 85.4 Å². The molecule has 6 nitrogen and oxygen atoms in total. The SMILES string of the molecule is CCCc1ccc(S(=O)(=O)Nc2ncc(CC(=O)OCC)s2)cc1. The predicted octanol–water partition coefficient (Wildman–Crippen LogP) is 3.00. The molecule has 1 aromatic heterocycles. The average Bonchev–Trinajstić information content (AvgIpc) is 2.94. The van der Waals surface area contributed by atoms with Crippen LogP contribution in [-0.4, -0.2) is 26.0 Å². The van der Waals surface area contributed by atoms with E-state index in [-0.39, 0.29) is 22.4 Å². The second-order valence-corrected chi connectivity index (χ2v) is 7.91. The molecule has 2 aromatic rings. The van der Waals surface area contributed by atoms with Crippen LogP contribution in [0, 0.1) is 0 Å². The zero-order chi connectivity index (χ0) is 17.6. The minimum absolute atomic E-state index is 0.0823. The van der Waals surface area contributed by atoms with Gasteiger partial charge in [-0.15, -0.1) is 11.3 Å². The number of aromatic nitrogens is 1. The Hall–Kier alpha value is -1.93. The number of nitrogens with one attached hydrogen (secondary N) is 1. The Morgan fingerprint density at radius 3 is 2.58 bits per heavy atom. The molecule has 0 amide bonds. The van der Waals surface area contributed by atoms with Crippen molar-refractivity contribution in [2.24, 2.45) is 0 Å². The maximum Gasteiger partial charge on any atom is 0.311 e. The lowest BCUT2D eigenvalue weighted by molar-refractivity contribution is -0.142. The number of nitrogens with zero attached hydrogens (tertiary/aromatic N) is 1. The Bertz CT molecular complexity index is 783. The molecule has 1 aromatic carbocycles. The number of benzene rings is 1. The van der Waals surface area contributed by atoms with Crippen molar-refractivity contribution in [3.05, 3.63) is 40.9 Å². The summed E-state index contributed by atoms with van der Waals surface area (Å²) in [6, 6.07) is 6.79. The fourth-order valence-electron chi connectivity index (χ4n) is 2.09. The summed E-state index contributed by atoms with van der Waals surface area (Å²) >= 11 is 1.12. The molecule has 0 radical (unpaired) electrons. The van der Waals surface area contributed by atoms with Crippen molar-refractivity contribution in [3.8, 4) is 0 Å². The molecule has 0 aliphatic carbocycles. The van der Waals surface area contributed by atoms with E-state index in [1.165, 1.54) is 6.20 Å². The van der Waals surface area contributed by atoms with Crippen LogP contribution < -0.4 is 4.72 Å². The first-order chi connectivity index (χ1) is 11.4. The molecular formula is C16H20N2O4S2. The fraction of sp³-hybridized carbons (Fsp3) is 0.375. The first kappa shape index (κ1) is 18.4. The van der Waals surface area contributed by atoms with Crippen molar-refractivity contribution >= 4 is 32.5 Å². The zero-order valence-corrected chi connectivity index (χ0v) is 15.2. The minimum atomic E-state index is -3.69. The molecule has 0 spiro atoms. The van der Waals surface area contributed by atoms with E-state index in [9.17, 15) is 13.2 Å². The molecule has 130 valence electrons. The van der Waals surface area contributed by atoms with Crippen molar-refractivity contribution < 1.29 is 17.9 Å².